The van der Waals surface area contributed by atoms with E-state index in [1.165, 1.54) is 6.20 Å². The SMILES string of the molecule is CCOC(=O)c1cnn(-c2ccnc3c(N)cccc23)c1. The molecule has 0 unspecified atom stereocenters. The van der Waals surface area contributed by atoms with Gasteiger partial charge in [-0.05, 0) is 19.1 Å². The van der Waals surface area contributed by atoms with E-state index in [1.807, 2.05) is 18.2 Å². The summed E-state index contributed by atoms with van der Waals surface area (Å²) >= 11 is 0. The van der Waals surface area contributed by atoms with E-state index in [0.29, 0.717) is 23.4 Å². The Kier molecular flexibility index (Phi) is 3.27. The first-order valence-electron chi connectivity index (χ1n) is 6.56. The van der Waals surface area contributed by atoms with Crippen LogP contribution in [0.4, 0.5) is 5.69 Å². The van der Waals surface area contributed by atoms with Crippen molar-refractivity contribution in [3.8, 4) is 5.69 Å². The fourth-order valence-electron chi connectivity index (χ4n) is 2.16. The molecule has 0 spiro atoms. The summed E-state index contributed by atoms with van der Waals surface area (Å²) in [6.45, 7) is 2.10. The Hall–Kier alpha value is -2.89. The van der Waals surface area contributed by atoms with E-state index >= 15 is 0 Å². The fraction of sp³-hybridized carbons (Fsp3) is 0.133. The number of carbonyl (C=O) groups is 1. The van der Waals surface area contributed by atoms with Crippen molar-refractivity contribution in [3.63, 3.8) is 0 Å². The molecular weight excluding hydrogens is 268 g/mol. The van der Waals surface area contributed by atoms with Gasteiger partial charge in [0.1, 0.15) is 0 Å². The maximum atomic E-state index is 11.7. The highest BCUT2D eigenvalue weighted by molar-refractivity contribution is 5.95. The molecule has 6 heteroatoms. The molecule has 3 aromatic rings. The maximum absolute atomic E-state index is 11.7. The highest BCUT2D eigenvalue weighted by atomic mass is 16.5. The molecule has 0 amide bonds. The summed E-state index contributed by atoms with van der Waals surface area (Å²) in [7, 11) is 0. The molecule has 0 aliphatic carbocycles. The van der Waals surface area contributed by atoms with Gasteiger partial charge >= 0.3 is 5.97 Å². The van der Waals surface area contributed by atoms with Crippen LogP contribution in [0.5, 0.6) is 0 Å². The lowest BCUT2D eigenvalue weighted by Gasteiger charge is -2.07. The Morgan fingerprint density at radius 3 is 3.05 bits per heavy atom. The van der Waals surface area contributed by atoms with Crippen molar-refractivity contribution in [2.45, 2.75) is 6.92 Å². The van der Waals surface area contributed by atoms with Gasteiger partial charge in [0, 0.05) is 17.8 Å². The summed E-state index contributed by atoms with van der Waals surface area (Å²) in [6.07, 6.45) is 4.78. The second-order valence-electron chi connectivity index (χ2n) is 4.47. The lowest BCUT2D eigenvalue weighted by atomic mass is 10.1. The zero-order valence-electron chi connectivity index (χ0n) is 11.5. The van der Waals surface area contributed by atoms with Crippen molar-refractivity contribution < 1.29 is 9.53 Å². The molecule has 2 heterocycles. The highest BCUT2D eigenvalue weighted by Crippen LogP contribution is 2.24. The predicted molar refractivity (Wildman–Crippen MR) is 79.2 cm³/mol. The molecule has 0 saturated carbocycles. The molecule has 0 bridgehead atoms. The van der Waals surface area contributed by atoms with Gasteiger partial charge < -0.3 is 10.5 Å². The molecule has 0 saturated heterocycles. The number of carbonyl (C=O) groups excluding carboxylic acids is 1. The Balaban J connectivity index is 2.09. The molecule has 0 fully saturated rings. The monoisotopic (exact) mass is 282 g/mol. The average Bonchev–Trinajstić information content (AvgIpc) is 2.97. The second kappa shape index (κ2) is 5.24. The molecule has 0 atom stereocenters. The Bertz CT molecular complexity index is 810. The predicted octanol–water partition coefficient (Wildman–Crippen LogP) is 2.18. The molecule has 3 rings (SSSR count). The number of nitrogens with two attached hydrogens (primary N) is 1. The van der Waals surface area contributed by atoms with Crippen LogP contribution < -0.4 is 5.73 Å². The summed E-state index contributed by atoms with van der Waals surface area (Å²) in [4.78, 5) is 16.0. The Morgan fingerprint density at radius 1 is 1.38 bits per heavy atom. The van der Waals surface area contributed by atoms with E-state index in [1.54, 1.807) is 30.1 Å². The Morgan fingerprint density at radius 2 is 2.24 bits per heavy atom. The topological polar surface area (TPSA) is 83.0 Å². The van der Waals surface area contributed by atoms with Gasteiger partial charge in [-0.25, -0.2) is 9.48 Å². The number of anilines is 1. The van der Waals surface area contributed by atoms with Crippen LogP contribution in [0.25, 0.3) is 16.6 Å². The van der Waals surface area contributed by atoms with E-state index < -0.39 is 0 Å². The molecule has 1 aromatic carbocycles. The number of para-hydroxylation sites is 1. The summed E-state index contributed by atoms with van der Waals surface area (Å²) in [5, 5.41) is 5.09. The number of fused-ring (bicyclic) bond motifs is 1. The van der Waals surface area contributed by atoms with Gasteiger partial charge in [-0.3, -0.25) is 4.98 Å². The first-order chi connectivity index (χ1) is 10.2. The number of esters is 1. The number of aromatic nitrogens is 3. The number of ether oxygens (including phenoxy) is 1. The molecule has 2 N–H and O–H groups in total. The largest absolute Gasteiger partial charge is 0.462 e. The smallest absolute Gasteiger partial charge is 0.341 e. The van der Waals surface area contributed by atoms with Crippen LogP contribution in [0.15, 0.2) is 42.9 Å². The van der Waals surface area contributed by atoms with Crippen LogP contribution in [-0.2, 0) is 4.74 Å². The van der Waals surface area contributed by atoms with Crippen LogP contribution in [0, 0.1) is 0 Å². The minimum absolute atomic E-state index is 0.332. The number of benzene rings is 1. The average molecular weight is 282 g/mol. The van der Waals surface area contributed by atoms with Gasteiger partial charge in [-0.15, -0.1) is 0 Å². The molecule has 0 aliphatic heterocycles. The van der Waals surface area contributed by atoms with Crippen molar-refractivity contribution >= 4 is 22.6 Å². The van der Waals surface area contributed by atoms with Crippen LogP contribution >= 0.6 is 0 Å². The Labute approximate surface area is 121 Å². The third-order valence-electron chi connectivity index (χ3n) is 3.12. The van der Waals surface area contributed by atoms with E-state index in [-0.39, 0.29) is 5.97 Å². The van der Waals surface area contributed by atoms with Gasteiger partial charge in [0.2, 0.25) is 0 Å². The molecule has 2 aromatic heterocycles. The normalized spacial score (nSPS) is 10.7. The van der Waals surface area contributed by atoms with Crippen LogP contribution in [-0.4, -0.2) is 27.3 Å². The number of rotatable bonds is 3. The second-order valence-corrected chi connectivity index (χ2v) is 4.47. The van der Waals surface area contributed by atoms with Crippen molar-refractivity contribution in [1.29, 1.82) is 0 Å². The van der Waals surface area contributed by atoms with Crippen LogP contribution in [0.2, 0.25) is 0 Å². The first kappa shape index (κ1) is 13.1. The van der Waals surface area contributed by atoms with Crippen molar-refractivity contribution in [2.24, 2.45) is 0 Å². The molecule has 0 radical (unpaired) electrons. The first-order valence-corrected chi connectivity index (χ1v) is 6.56. The quantitative estimate of drug-likeness (QED) is 0.588. The van der Waals surface area contributed by atoms with Gasteiger partial charge in [-0.2, -0.15) is 5.10 Å². The maximum Gasteiger partial charge on any atom is 0.341 e. The number of hydrogen-bond donors (Lipinski definition) is 1. The summed E-state index contributed by atoms with van der Waals surface area (Å²) in [6, 6.07) is 7.40. The van der Waals surface area contributed by atoms with Crippen LogP contribution in [0.3, 0.4) is 0 Å². The molecule has 6 nitrogen and oxygen atoms in total. The van der Waals surface area contributed by atoms with Gasteiger partial charge in [-0.1, -0.05) is 12.1 Å². The highest BCUT2D eigenvalue weighted by Gasteiger charge is 2.12. The van der Waals surface area contributed by atoms with Gasteiger partial charge in [0.25, 0.3) is 0 Å². The van der Waals surface area contributed by atoms with E-state index in [9.17, 15) is 4.79 Å². The minimum Gasteiger partial charge on any atom is -0.462 e. The zero-order chi connectivity index (χ0) is 14.8. The molecular formula is C15H14N4O2. The van der Waals surface area contributed by atoms with Crippen LogP contribution in [0.1, 0.15) is 17.3 Å². The van der Waals surface area contributed by atoms with Crippen molar-refractivity contribution in [1.82, 2.24) is 14.8 Å². The van der Waals surface area contributed by atoms with E-state index in [4.69, 9.17) is 10.5 Å². The molecule has 21 heavy (non-hydrogen) atoms. The number of hydrogen-bond acceptors (Lipinski definition) is 5. The molecule has 106 valence electrons. The third-order valence-corrected chi connectivity index (χ3v) is 3.12. The van der Waals surface area contributed by atoms with Gasteiger partial charge in [0.05, 0.1) is 35.3 Å². The summed E-state index contributed by atoms with van der Waals surface area (Å²) in [5.41, 5.74) is 8.46. The minimum atomic E-state index is -0.387. The van der Waals surface area contributed by atoms with E-state index in [2.05, 4.69) is 10.1 Å². The molecule has 0 aliphatic rings. The van der Waals surface area contributed by atoms with Crippen molar-refractivity contribution in [3.05, 3.63) is 48.4 Å². The zero-order valence-corrected chi connectivity index (χ0v) is 11.5. The summed E-state index contributed by atoms with van der Waals surface area (Å²) < 4.78 is 6.58. The third kappa shape index (κ3) is 2.31. The van der Waals surface area contributed by atoms with Crippen molar-refractivity contribution in [2.75, 3.05) is 12.3 Å². The fourth-order valence-corrected chi connectivity index (χ4v) is 2.16. The number of nitrogens with zero attached hydrogens (tertiary/aromatic N) is 3. The van der Waals surface area contributed by atoms with Gasteiger partial charge in [0.15, 0.2) is 0 Å². The number of nitrogen functional groups attached to an aromatic ring is 1. The standard InChI is InChI=1S/C15H14N4O2/c1-2-21-15(20)10-8-18-19(9-10)13-6-7-17-14-11(13)4-3-5-12(14)16/h3-9H,2,16H2,1H3. The lowest BCUT2D eigenvalue weighted by Crippen LogP contribution is -2.03. The van der Waals surface area contributed by atoms with E-state index in [0.717, 1.165) is 11.1 Å². The lowest BCUT2D eigenvalue weighted by molar-refractivity contribution is 0.0526. The number of pyridine rings is 1. The summed E-state index contributed by atoms with van der Waals surface area (Å²) in [5.74, 6) is -0.387.